The number of hydrogen-bond acceptors (Lipinski definition) is 2. The molecule has 1 aromatic rings. The number of nitrogens with zero attached hydrogens (tertiary/aromatic N) is 1. The topological polar surface area (TPSA) is 3.24 Å². The Morgan fingerprint density at radius 1 is 1.57 bits per heavy atom. The van der Waals surface area contributed by atoms with Crippen molar-refractivity contribution in [3.05, 3.63) is 42.2 Å². The van der Waals surface area contributed by atoms with E-state index < -0.39 is 0 Å². The highest BCUT2D eigenvalue weighted by Gasteiger charge is 2.02. The zero-order valence-electron chi connectivity index (χ0n) is 8.20. The van der Waals surface area contributed by atoms with E-state index in [2.05, 4.69) is 19.2 Å². The molecule has 0 aromatic heterocycles. The van der Waals surface area contributed by atoms with Crippen molar-refractivity contribution < 1.29 is 4.39 Å². The molecule has 0 unspecified atom stereocenters. The standard InChI is InChI=1S/C11H14FNS/c1-9(8-14)7-13(2)11-5-3-4-10(12)6-11/h3-6,14H,1,7-8H2,2H3. The highest BCUT2D eigenvalue weighted by molar-refractivity contribution is 7.80. The zero-order valence-corrected chi connectivity index (χ0v) is 9.10. The van der Waals surface area contributed by atoms with Crippen LogP contribution in [0.3, 0.4) is 0 Å². The summed E-state index contributed by atoms with van der Waals surface area (Å²) < 4.78 is 12.9. The third-order valence-electron chi connectivity index (χ3n) is 1.93. The molecular weight excluding hydrogens is 197 g/mol. The Kier molecular flexibility index (Phi) is 4.01. The fourth-order valence-electron chi connectivity index (χ4n) is 1.19. The smallest absolute Gasteiger partial charge is 0.125 e. The van der Waals surface area contributed by atoms with Gasteiger partial charge in [-0.1, -0.05) is 12.6 Å². The van der Waals surface area contributed by atoms with Gasteiger partial charge in [-0.3, -0.25) is 0 Å². The lowest BCUT2D eigenvalue weighted by Gasteiger charge is -2.19. The number of halogens is 1. The Hall–Kier alpha value is -0.960. The van der Waals surface area contributed by atoms with Crippen molar-refractivity contribution in [2.45, 2.75) is 0 Å². The Labute approximate surface area is 89.6 Å². The van der Waals surface area contributed by atoms with E-state index in [-0.39, 0.29) is 5.82 Å². The molecule has 0 amide bonds. The third kappa shape index (κ3) is 3.07. The number of thiol groups is 1. The van der Waals surface area contributed by atoms with Crippen LogP contribution >= 0.6 is 12.6 Å². The summed E-state index contributed by atoms with van der Waals surface area (Å²) in [6, 6.07) is 6.51. The summed E-state index contributed by atoms with van der Waals surface area (Å²) in [5.41, 5.74) is 1.87. The fraction of sp³-hybridized carbons (Fsp3) is 0.273. The first-order valence-corrected chi connectivity index (χ1v) is 5.01. The van der Waals surface area contributed by atoms with Crippen LogP contribution in [0.4, 0.5) is 10.1 Å². The summed E-state index contributed by atoms with van der Waals surface area (Å²) in [4.78, 5) is 1.95. The van der Waals surface area contributed by atoms with E-state index in [0.717, 1.165) is 11.3 Å². The van der Waals surface area contributed by atoms with Crippen LogP contribution < -0.4 is 4.90 Å². The molecule has 0 aliphatic rings. The van der Waals surface area contributed by atoms with Crippen molar-refractivity contribution in [2.24, 2.45) is 0 Å². The maximum Gasteiger partial charge on any atom is 0.125 e. The maximum atomic E-state index is 12.9. The van der Waals surface area contributed by atoms with Crippen LogP contribution in [-0.4, -0.2) is 19.3 Å². The van der Waals surface area contributed by atoms with Crippen LogP contribution in [-0.2, 0) is 0 Å². The van der Waals surface area contributed by atoms with E-state index in [1.165, 1.54) is 12.1 Å². The highest BCUT2D eigenvalue weighted by atomic mass is 32.1. The Morgan fingerprint density at radius 3 is 2.86 bits per heavy atom. The quantitative estimate of drug-likeness (QED) is 0.592. The van der Waals surface area contributed by atoms with Gasteiger partial charge in [-0.2, -0.15) is 12.6 Å². The fourth-order valence-corrected chi connectivity index (χ4v) is 1.29. The van der Waals surface area contributed by atoms with Gasteiger partial charge in [0, 0.05) is 25.0 Å². The summed E-state index contributed by atoms with van der Waals surface area (Å²) in [6.45, 7) is 4.55. The average molecular weight is 211 g/mol. The minimum Gasteiger partial charge on any atom is -0.370 e. The van der Waals surface area contributed by atoms with Crippen molar-refractivity contribution in [1.82, 2.24) is 0 Å². The van der Waals surface area contributed by atoms with E-state index in [1.807, 2.05) is 18.0 Å². The molecule has 1 nitrogen and oxygen atoms in total. The number of benzene rings is 1. The van der Waals surface area contributed by atoms with Crippen molar-refractivity contribution in [1.29, 1.82) is 0 Å². The minimum absolute atomic E-state index is 0.217. The maximum absolute atomic E-state index is 12.9. The molecule has 0 N–H and O–H groups in total. The van der Waals surface area contributed by atoms with Gasteiger partial charge in [-0.15, -0.1) is 0 Å². The van der Waals surface area contributed by atoms with Crippen LogP contribution in [0.15, 0.2) is 36.4 Å². The van der Waals surface area contributed by atoms with E-state index in [1.54, 1.807) is 6.07 Å². The molecule has 0 fully saturated rings. The summed E-state index contributed by atoms with van der Waals surface area (Å²) in [5.74, 6) is 0.436. The van der Waals surface area contributed by atoms with Crippen LogP contribution in [0.1, 0.15) is 0 Å². The molecule has 0 heterocycles. The third-order valence-corrected chi connectivity index (χ3v) is 2.38. The van der Waals surface area contributed by atoms with Crippen molar-refractivity contribution in [3.63, 3.8) is 0 Å². The monoisotopic (exact) mass is 211 g/mol. The average Bonchev–Trinajstić information content (AvgIpc) is 2.17. The van der Waals surface area contributed by atoms with E-state index in [0.29, 0.717) is 12.3 Å². The predicted molar refractivity (Wildman–Crippen MR) is 62.7 cm³/mol. The van der Waals surface area contributed by atoms with Crippen LogP contribution in [0.2, 0.25) is 0 Å². The molecule has 3 heteroatoms. The minimum atomic E-state index is -0.217. The van der Waals surface area contributed by atoms with Crippen molar-refractivity contribution >= 4 is 18.3 Å². The van der Waals surface area contributed by atoms with Gasteiger partial charge in [0.25, 0.3) is 0 Å². The molecule has 1 rings (SSSR count). The van der Waals surface area contributed by atoms with Crippen LogP contribution in [0.5, 0.6) is 0 Å². The summed E-state index contributed by atoms with van der Waals surface area (Å²) in [6.07, 6.45) is 0. The molecule has 0 spiro atoms. The molecule has 0 atom stereocenters. The Bertz CT molecular complexity index is 325. The van der Waals surface area contributed by atoms with Gasteiger partial charge in [0.2, 0.25) is 0 Å². The van der Waals surface area contributed by atoms with Gasteiger partial charge in [0.05, 0.1) is 0 Å². The molecule has 0 bridgehead atoms. The molecule has 14 heavy (non-hydrogen) atoms. The number of likely N-dealkylation sites (N-methyl/N-ethyl adjacent to an activating group) is 1. The Balaban J connectivity index is 2.69. The lowest BCUT2D eigenvalue weighted by atomic mass is 10.2. The lowest BCUT2D eigenvalue weighted by Crippen LogP contribution is -2.20. The van der Waals surface area contributed by atoms with Gasteiger partial charge in [-0.05, 0) is 23.8 Å². The molecule has 0 aliphatic heterocycles. The molecule has 1 aromatic carbocycles. The molecule has 0 radical (unpaired) electrons. The number of anilines is 1. The largest absolute Gasteiger partial charge is 0.370 e. The molecule has 0 saturated heterocycles. The van der Waals surface area contributed by atoms with Gasteiger partial charge >= 0.3 is 0 Å². The van der Waals surface area contributed by atoms with Crippen LogP contribution in [0, 0.1) is 5.82 Å². The van der Waals surface area contributed by atoms with E-state index in [9.17, 15) is 4.39 Å². The van der Waals surface area contributed by atoms with Gasteiger partial charge in [0.1, 0.15) is 5.82 Å². The Morgan fingerprint density at radius 2 is 2.29 bits per heavy atom. The van der Waals surface area contributed by atoms with Crippen LogP contribution in [0.25, 0.3) is 0 Å². The second-order valence-corrected chi connectivity index (χ2v) is 3.56. The second kappa shape index (κ2) is 5.05. The molecule has 76 valence electrons. The first-order valence-electron chi connectivity index (χ1n) is 4.37. The first kappa shape index (κ1) is 11.1. The summed E-state index contributed by atoms with van der Waals surface area (Å²) in [5, 5.41) is 0. The summed E-state index contributed by atoms with van der Waals surface area (Å²) in [7, 11) is 1.91. The first-order chi connectivity index (χ1) is 6.63. The normalized spacial score (nSPS) is 9.93. The second-order valence-electron chi connectivity index (χ2n) is 3.24. The highest BCUT2D eigenvalue weighted by Crippen LogP contribution is 2.14. The van der Waals surface area contributed by atoms with Gasteiger partial charge < -0.3 is 4.90 Å². The zero-order chi connectivity index (χ0) is 10.6. The number of rotatable bonds is 4. The van der Waals surface area contributed by atoms with E-state index >= 15 is 0 Å². The molecule has 0 saturated carbocycles. The van der Waals surface area contributed by atoms with Crippen molar-refractivity contribution in [2.75, 3.05) is 24.2 Å². The number of hydrogen-bond donors (Lipinski definition) is 1. The van der Waals surface area contributed by atoms with Gasteiger partial charge in [-0.25, -0.2) is 4.39 Å². The molecular formula is C11H14FNS. The molecule has 0 aliphatic carbocycles. The van der Waals surface area contributed by atoms with E-state index in [4.69, 9.17) is 0 Å². The lowest BCUT2D eigenvalue weighted by molar-refractivity contribution is 0.627. The predicted octanol–water partition coefficient (Wildman–Crippen LogP) is 2.75. The summed E-state index contributed by atoms with van der Waals surface area (Å²) >= 11 is 4.12. The van der Waals surface area contributed by atoms with Gasteiger partial charge in [0.15, 0.2) is 0 Å². The van der Waals surface area contributed by atoms with Crippen molar-refractivity contribution in [3.8, 4) is 0 Å². The SMILES string of the molecule is C=C(CS)CN(C)c1cccc(F)c1.